The van der Waals surface area contributed by atoms with Crippen LogP contribution >= 0.6 is 15.9 Å². The molecule has 1 atom stereocenters. The van der Waals surface area contributed by atoms with Gasteiger partial charge in [-0.15, -0.1) is 0 Å². The Hall–Kier alpha value is -0.540. The second kappa shape index (κ2) is 6.76. The Morgan fingerprint density at radius 3 is 2.74 bits per heavy atom. The first-order valence-corrected chi connectivity index (χ1v) is 8.12. The average molecular weight is 325 g/mol. The third kappa shape index (κ3) is 4.50. The highest BCUT2D eigenvalue weighted by molar-refractivity contribution is 9.10. The minimum atomic E-state index is 0.730. The van der Waals surface area contributed by atoms with Gasteiger partial charge in [0, 0.05) is 30.7 Å². The van der Waals surface area contributed by atoms with E-state index in [4.69, 9.17) is 0 Å². The summed E-state index contributed by atoms with van der Waals surface area (Å²) < 4.78 is 1.20. The quantitative estimate of drug-likeness (QED) is 0.809. The van der Waals surface area contributed by atoms with Crippen LogP contribution in [0.1, 0.15) is 38.7 Å². The molecule has 1 aliphatic carbocycles. The summed E-state index contributed by atoms with van der Waals surface area (Å²) in [5.41, 5.74) is 2.65. The van der Waals surface area contributed by atoms with Gasteiger partial charge in [0.2, 0.25) is 0 Å². The van der Waals surface area contributed by atoms with Crippen molar-refractivity contribution >= 4 is 21.6 Å². The lowest BCUT2D eigenvalue weighted by Gasteiger charge is -2.24. The van der Waals surface area contributed by atoms with Crippen LogP contribution in [0.5, 0.6) is 0 Å². The lowest BCUT2D eigenvalue weighted by Crippen LogP contribution is -2.24. The molecule has 1 aromatic rings. The minimum Gasteiger partial charge on any atom is -0.373 e. The fourth-order valence-corrected chi connectivity index (χ4v) is 2.94. The minimum absolute atomic E-state index is 0.730. The summed E-state index contributed by atoms with van der Waals surface area (Å²) >= 11 is 3.71. The van der Waals surface area contributed by atoms with Crippen LogP contribution in [0.3, 0.4) is 0 Å². The van der Waals surface area contributed by atoms with Crippen molar-refractivity contribution in [3.8, 4) is 0 Å². The zero-order chi connectivity index (χ0) is 13.8. The first-order valence-electron chi connectivity index (χ1n) is 7.33. The highest BCUT2D eigenvalue weighted by Gasteiger charge is 2.20. The van der Waals surface area contributed by atoms with Crippen molar-refractivity contribution in [2.24, 2.45) is 5.92 Å². The fourth-order valence-electron chi connectivity index (χ4n) is 2.21. The molecule has 3 heteroatoms. The van der Waals surface area contributed by atoms with Crippen LogP contribution in [0.2, 0.25) is 0 Å². The van der Waals surface area contributed by atoms with E-state index in [1.54, 1.807) is 0 Å². The number of nitrogens with zero attached hydrogens (tertiary/aromatic N) is 1. The van der Waals surface area contributed by atoms with Gasteiger partial charge in [0.1, 0.15) is 0 Å². The molecule has 0 bridgehead atoms. The molecule has 0 aromatic heterocycles. The van der Waals surface area contributed by atoms with Gasteiger partial charge in [-0.25, -0.2) is 0 Å². The highest BCUT2D eigenvalue weighted by atomic mass is 79.9. The Morgan fingerprint density at radius 1 is 1.42 bits per heavy atom. The third-order valence-corrected chi connectivity index (χ3v) is 4.51. The van der Waals surface area contributed by atoms with Crippen molar-refractivity contribution in [2.45, 2.75) is 45.7 Å². The zero-order valence-corrected chi connectivity index (χ0v) is 13.8. The van der Waals surface area contributed by atoms with E-state index in [0.29, 0.717) is 0 Å². The second-order valence-electron chi connectivity index (χ2n) is 5.83. The maximum absolute atomic E-state index is 3.71. The Balaban J connectivity index is 1.96. The number of nitrogens with one attached hydrogen (secondary N) is 1. The third-order valence-electron chi connectivity index (χ3n) is 3.88. The largest absolute Gasteiger partial charge is 0.373 e. The van der Waals surface area contributed by atoms with Crippen molar-refractivity contribution in [2.75, 3.05) is 18.5 Å². The topological polar surface area (TPSA) is 15.3 Å². The predicted molar refractivity (Wildman–Crippen MR) is 86.7 cm³/mol. The van der Waals surface area contributed by atoms with Gasteiger partial charge in [-0.2, -0.15) is 0 Å². The molecule has 0 saturated heterocycles. The van der Waals surface area contributed by atoms with Crippen molar-refractivity contribution in [1.29, 1.82) is 0 Å². The highest BCUT2D eigenvalue weighted by Crippen LogP contribution is 2.28. The predicted octanol–water partition coefficient (Wildman–Crippen LogP) is 4.18. The molecule has 2 nitrogen and oxygen atoms in total. The van der Waals surface area contributed by atoms with Gasteiger partial charge in [0.15, 0.2) is 0 Å². The molecule has 0 spiro atoms. The lowest BCUT2D eigenvalue weighted by molar-refractivity contribution is 0.559. The second-order valence-corrected chi connectivity index (χ2v) is 6.69. The average Bonchev–Trinajstić information content (AvgIpc) is 3.20. The first-order chi connectivity index (χ1) is 9.10. The molecule has 19 heavy (non-hydrogen) atoms. The Labute approximate surface area is 125 Å². The van der Waals surface area contributed by atoms with E-state index in [0.717, 1.165) is 25.0 Å². The summed E-state index contributed by atoms with van der Waals surface area (Å²) in [5.74, 6) is 0.730. The molecule has 1 saturated carbocycles. The number of hydrogen-bond acceptors (Lipinski definition) is 2. The lowest BCUT2D eigenvalue weighted by atomic mass is 10.1. The first kappa shape index (κ1) is 14.9. The number of halogens is 1. The Kier molecular flexibility index (Phi) is 5.28. The van der Waals surface area contributed by atoms with E-state index in [2.05, 4.69) is 65.2 Å². The molecule has 0 amide bonds. The summed E-state index contributed by atoms with van der Waals surface area (Å²) in [7, 11) is 2.17. The maximum atomic E-state index is 3.71. The molecule has 1 unspecified atom stereocenters. The van der Waals surface area contributed by atoms with Gasteiger partial charge in [-0.1, -0.05) is 26.3 Å². The molecule has 1 fully saturated rings. The number of hydrogen-bond donors (Lipinski definition) is 1. The number of benzene rings is 1. The van der Waals surface area contributed by atoms with Gasteiger partial charge in [0.25, 0.3) is 0 Å². The van der Waals surface area contributed by atoms with Crippen LogP contribution < -0.4 is 10.2 Å². The van der Waals surface area contributed by atoms with Crippen molar-refractivity contribution < 1.29 is 0 Å². The van der Waals surface area contributed by atoms with Gasteiger partial charge < -0.3 is 10.2 Å². The molecule has 0 heterocycles. The molecule has 1 aliphatic rings. The van der Waals surface area contributed by atoms with E-state index in [1.165, 1.54) is 35.0 Å². The fraction of sp³-hybridized carbons (Fsp3) is 0.625. The van der Waals surface area contributed by atoms with E-state index in [1.807, 2.05) is 0 Å². The SMILES string of the molecule is CCC(C)CN(C)c1ccc(CNC2CC2)cc1Br. The Bertz CT molecular complexity index is 415. The van der Waals surface area contributed by atoms with Crippen LogP contribution in [0.4, 0.5) is 5.69 Å². The van der Waals surface area contributed by atoms with Gasteiger partial charge in [-0.3, -0.25) is 0 Å². The van der Waals surface area contributed by atoms with E-state index < -0.39 is 0 Å². The molecule has 0 aliphatic heterocycles. The van der Waals surface area contributed by atoms with Crippen molar-refractivity contribution in [3.05, 3.63) is 28.2 Å². The number of rotatable bonds is 7. The summed E-state index contributed by atoms with van der Waals surface area (Å²) in [4.78, 5) is 2.34. The van der Waals surface area contributed by atoms with E-state index in [9.17, 15) is 0 Å². The smallest absolute Gasteiger partial charge is 0.0508 e. The number of anilines is 1. The van der Waals surface area contributed by atoms with Gasteiger partial charge in [0.05, 0.1) is 5.69 Å². The summed E-state index contributed by atoms with van der Waals surface area (Å²) in [6.07, 6.45) is 3.92. The van der Waals surface area contributed by atoms with E-state index in [-0.39, 0.29) is 0 Å². The van der Waals surface area contributed by atoms with E-state index >= 15 is 0 Å². The maximum Gasteiger partial charge on any atom is 0.0508 e. The molecular formula is C16H25BrN2. The standard InChI is InChI=1S/C16H25BrN2/c1-4-12(2)11-19(3)16-8-5-13(9-15(16)17)10-18-14-6-7-14/h5,8-9,12,14,18H,4,6-7,10-11H2,1-3H3. The zero-order valence-electron chi connectivity index (χ0n) is 12.2. The van der Waals surface area contributed by atoms with Crippen LogP contribution in [-0.2, 0) is 6.54 Å². The summed E-state index contributed by atoms with van der Waals surface area (Å²) in [5, 5.41) is 3.56. The van der Waals surface area contributed by atoms with Crippen LogP contribution in [-0.4, -0.2) is 19.6 Å². The monoisotopic (exact) mass is 324 g/mol. The molecule has 1 aromatic carbocycles. The van der Waals surface area contributed by atoms with Gasteiger partial charge >= 0.3 is 0 Å². The summed E-state index contributed by atoms with van der Waals surface area (Å²) in [6.45, 7) is 6.64. The van der Waals surface area contributed by atoms with Crippen LogP contribution in [0.25, 0.3) is 0 Å². The summed E-state index contributed by atoms with van der Waals surface area (Å²) in [6, 6.07) is 7.49. The molecular weight excluding hydrogens is 300 g/mol. The molecule has 1 N–H and O–H groups in total. The molecule has 0 radical (unpaired) electrons. The Morgan fingerprint density at radius 2 is 2.16 bits per heavy atom. The van der Waals surface area contributed by atoms with Crippen LogP contribution in [0, 0.1) is 5.92 Å². The van der Waals surface area contributed by atoms with Crippen molar-refractivity contribution in [1.82, 2.24) is 5.32 Å². The molecule has 106 valence electrons. The van der Waals surface area contributed by atoms with Gasteiger partial charge in [-0.05, 0) is 52.4 Å². The van der Waals surface area contributed by atoms with Crippen molar-refractivity contribution in [3.63, 3.8) is 0 Å². The van der Waals surface area contributed by atoms with Crippen LogP contribution in [0.15, 0.2) is 22.7 Å². The molecule has 2 rings (SSSR count). The normalized spacial score (nSPS) is 16.4.